The third-order valence-corrected chi connectivity index (χ3v) is 3.24. The van der Waals surface area contributed by atoms with Crippen LogP contribution in [-0.2, 0) is 14.3 Å². The number of ether oxygens (including phenoxy) is 1. The van der Waals surface area contributed by atoms with E-state index in [0.29, 0.717) is 5.56 Å². The van der Waals surface area contributed by atoms with Crippen molar-refractivity contribution < 1.29 is 19.1 Å². The van der Waals surface area contributed by atoms with Crippen LogP contribution in [0.15, 0.2) is 42.5 Å². The maximum absolute atomic E-state index is 12.2. The second-order valence-electron chi connectivity index (χ2n) is 4.58. The van der Waals surface area contributed by atoms with E-state index in [9.17, 15) is 14.4 Å². The highest BCUT2D eigenvalue weighted by Gasteiger charge is 2.41. The molecule has 0 saturated carbocycles. The van der Waals surface area contributed by atoms with Crippen LogP contribution in [0, 0.1) is 0 Å². The maximum Gasteiger partial charge on any atom is 0.335 e. The number of esters is 1. The lowest BCUT2D eigenvalue weighted by Gasteiger charge is -2.30. The van der Waals surface area contributed by atoms with Gasteiger partial charge in [0.1, 0.15) is 0 Å². The summed E-state index contributed by atoms with van der Waals surface area (Å²) in [6, 6.07) is 8.57. The van der Waals surface area contributed by atoms with Crippen molar-refractivity contribution in [1.82, 2.24) is 5.32 Å². The monoisotopic (exact) mass is 273 g/mol. The van der Waals surface area contributed by atoms with Crippen molar-refractivity contribution in [2.24, 2.45) is 0 Å². The van der Waals surface area contributed by atoms with Crippen molar-refractivity contribution >= 4 is 17.7 Å². The van der Waals surface area contributed by atoms with Crippen molar-refractivity contribution in [3.05, 3.63) is 48.0 Å². The molecular weight excluding hydrogens is 258 g/mol. The first kappa shape index (κ1) is 14.0. The maximum atomic E-state index is 12.2. The van der Waals surface area contributed by atoms with Gasteiger partial charge >= 0.3 is 5.97 Å². The summed E-state index contributed by atoms with van der Waals surface area (Å²) in [5.41, 5.74) is -0.823. The lowest BCUT2D eigenvalue weighted by molar-refractivity contribution is -0.146. The molecule has 0 aromatic heterocycles. The Morgan fingerprint density at radius 3 is 2.50 bits per heavy atom. The highest BCUT2D eigenvalue weighted by Crippen LogP contribution is 2.22. The van der Waals surface area contributed by atoms with Gasteiger partial charge in [-0.05, 0) is 30.7 Å². The second-order valence-corrected chi connectivity index (χ2v) is 4.58. The summed E-state index contributed by atoms with van der Waals surface area (Å²) >= 11 is 0. The van der Waals surface area contributed by atoms with Crippen LogP contribution in [0.5, 0.6) is 0 Å². The summed E-state index contributed by atoms with van der Waals surface area (Å²) in [4.78, 5) is 35.4. The number of rotatable bonds is 3. The summed E-state index contributed by atoms with van der Waals surface area (Å²) in [7, 11) is 1.25. The van der Waals surface area contributed by atoms with E-state index < -0.39 is 11.5 Å². The van der Waals surface area contributed by atoms with E-state index in [1.807, 2.05) is 0 Å². The number of benzene rings is 1. The van der Waals surface area contributed by atoms with Gasteiger partial charge in [-0.25, -0.2) is 4.79 Å². The van der Waals surface area contributed by atoms with Crippen LogP contribution < -0.4 is 5.32 Å². The zero-order valence-electron chi connectivity index (χ0n) is 11.1. The zero-order chi connectivity index (χ0) is 14.6. The van der Waals surface area contributed by atoms with Gasteiger partial charge in [-0.2, -0.15) is 0 Å². The van der Waals surface area contributed by atoms with E-state index in [-0.39, 0.29) is 24.5 Å². The SMILES string of the molecule is COC(=O)[C@]1(NC(=O)c2ccccc2)C=CC(=O)CC1. The molecule has 0 bridgehead atoms. The van der Waals surface area contributed by atoms with Crippen LogP contribution in [0.1, 0.15) is 23.2 Å². The highest BCUT2D eigenvalue weighted by molar-refractivity contribution is 6.01. The fourth-order valence-electron chi connectivity index (χ4n) is 2.09. The number of carbonyl (C=O) groups excluding carboxylic acids is 3. The minimum Gasteiger partial charge on any atom is -0.467 e. The lowest BCUT2D eigenvalue weighted by Crippen LogP contribution is -2.55. The van der Waals surface area contributed by atoms with Crippen LogP contribution in [0.4, 0.5) is 0 Å². The predicted octanol–water partition coefficient (Wildman–Crippen LogP) is 1.25. The van der Waals surface area contributed by atoms with Gasteiger partial charge < -0.3 is 10.1 Å². The molecule has 0 spiro atoms. The minimum absolute atomic E-state index is 0.0708. The average molecular weight is 273 g/mol. The molecule has 0 fully saturated rings. The molecule has 1 aromatic rings. The van der Waals surface area contributed by atoms with E-state index in [4.69, 9.17) is 4.74 Å². The molecule has 2 rings (SSSR count). The molecule has 1 aromatic carbocycles. The molecule has 5 heteroatoms. The van der Waals surface area contributed by atoms with Crippen molar-refractivity contribution in [3.8, 4) is 0 Å². The van der Waals surface area contributed by atoms with Gasteiger partial charge in [0.25, 0.3) is 5.91 Å². The Balaban J connectivity index is 2.26. The molecule has 0 aliphatic heterocycles. The van der Waals surface area contributed by atoms with Gasteiger partial charge in [0.15, 0.2) is 11.3 Å². The Morgan fingerprint density at radius 1 is 1.25 bits per heavy atom. The third kappa shape index (κ3) is 2.77. The normalized spacial score (nSPS) is 21.4. The number of hydrogen-bond acceptors (Lipinski definition) is 4. The molecule has 104 valence electrons. The van der Waals surface area contributed by atoms with E-state index in [2.05, 4.69) is 5.32 Å². The number of amides is 1. The molecule has 1 amide bonds. The van der Waals surface area contributed by atoms with Crippen molar-refractivity contribution in [2.75, 3.05) is 7.11 Å². The molecule has 5 nitrogen and oxygen atoms in total. The van der Waals surface area contributed by atoms with Crippen LogP contribution in [0.25, 0.3) is 0 Å². The second kappa shape index (κ2) is 5.69. The number of methoxy groups -OCH3 is 1. The molecule has 0 unspecified atom stereocenters. The van der Waals surface area contributed by atoms with Gasteiger partial charge in [-0.15, -0.1) is 0 Å². The Labute approximate surface area is 116 Å². The number of nitrogens with one attached hydrogen (secondary N) is 1. The molecule has 1 atom stereocenters. The molecule has 1 N–H and O–H groups in total. The predicted molar refractivity (Wildman–Crippen MR) is 72.0 cm³/mol. The minimum atomic E-state index is -1.27. The van der Waals surface area contributed by atoms with Gasteiger partial charge in [-0.1, -0.05) is 18.2 Å². The largest absolute Gasteiger partial charge is 0.467 e. The molecule has 1 aliphatic carbocycles. The molecule has 20 heavy (non-hydrogen) atoms. The fourth-order valence-corrected chi connectivity index (χ4v) is 2.09. The van der Waals surface area contributed by atoms with Crippen LogP contribution in [0.3, 0.4) is 0 Å². The number of ketones is 1. The Bertz CT molecular complexity index is 564. The van der Waals surface area contributed by atoms with Gasteiger partial charge in [0, 0.05) is 12.0 Å². The summed E-state index contributed by atoms with van der Waals surface area (Å²) in [6.07, 6.45) is 3.12. The number of carbonyl (C=O) groups is 3. The van der Waals surface area contributed by atoms with E-state index in [0.717, 1.165) is 0 Å². The summed E-state index contributed by atoms with van der Waals surface area (Å²) < 4.78 is 4.75. The Morgan fingerprint density at radius 2 is 1.95 bits per heavy atom. The summed E-state index contributed by atoms with van der Waals surface area (Å²) in [5.74, 6) is -1.03. The van der Waals surface area contributed by atoms with Crippen molar-refractivity contribution in [3.63, 3.8) is 0 Å². The first-order valence-corrected chi connectivity index (χ1v) is 6.25. The number of hydrogen-bond donors (Lipinski definition) is 1. The Hall–Kier alpha value is -2.43. The lowest BCUT2D eigenvalue weighted by atomic mass is 9.86. The quantitative estimate of drug-likeness (QED) is 0.841. The van der Waals surface area contributed by atoms with Crippen LogP contribution in [-0.4, -0.2) is 30.3 Å². The topological polar surface area (TPSA) is 72.5 Å². The smallest absolute Gasteiger partial charge is 0.335 e. The van der Waals surface area contributed by atoms with Gasteiger partial charge in [0.05, 0.1) is 7.11 Å². The molecule has 1 aliphatic rings. The molecule has 0 radical (unpaired) electrons. The van der Waals surface area contributed by atoms with Gasteiger partial charge in [0.2, 0.25) is 0 Å². The first-order chi connectivity index (χ1) is 9.57. The fraction of sp³-hybridized carbons (Fsp3) is 0.267. The number of allylic oxidation sites excluding steroid dienone is 1. The first-order valence-electron chi connectivity index (χ1n) is 6.25. The van der Waals surface area contributed by atoms with Crippen molar-refractivity contribution in [1.29, 1.82) is 0 Å². The summed E-state index contributed by atoms with van der Waals surface area (Å²) in [6.45, 7) is 0. The molecule has 0 heterocycles. The van der Waals surface area contributed by atoms with Crippen LogP contribution >= 0.6 is 0 Å². The standard InChI is InChI=1S/C15H15NO4/c1-20-14(19)15(9-7-12(17)8-10-15)16-13(18)11-5-3-2-4-6-11/h2-7,9H,8,10H2,1H3,(H,16,18)/t15-/m0/s1. The summed E-state index contributed by atoms with van der Waals surface area (Å²) in [5, 5.41) is 2.67. The van der Waals surface area contributed by atoms with E-state index in [1.54, 1.807) is 30.3 Å². The third-order valence-electron chi connectivity index (χ3n) is 3.24. The van der Waals surface area contributed by atoms with Crippen molar-refractivity contribution in [2.45, 2.75) is 18.4 Å². The van der Waals surface area contributed by atoms with E-state index in [1.165, 1.54) is 19.3 Å². The van der Waals surface area contributed by atoms with Crippen LogP contribution in [0.2, 0.25) is 0 Å². The average Bonchev–Trinajstić information content (AvgIpc) is 2.49. The highest BCUT2D eigenvalue weighted by atomic mass is 16.5. The molecule has 0 saturated heterocycles. The molecular formula is C15H15NO4. The van der Waals surface area contributed by atoms with Gasteiger partial charge in [-0.3, -0.25) is 9.59 Å². The Kier molecular flexibility index (Phi) is 3.98. The van der Waals surface area contributed by atoms with E-state index >= 15 is 0 Å². The zero-order valence-corrected chi connectivity index (χ0v) is 11.1.